The Kier molecular flexibility index (Phi) is 4.17. The van der Waals surface area contributed by atoms with Gasteiger partial charge in [-0.2, -0.15) is 0 Å². The molecule has 0 saturated carbocycles. The molecule has 0 radical (unpaired) electrons. The number of nitrogens with one attached hydrogen (secondary N) is 1. The molecule has 1 atom stereocenters. The Balaban J connectivity index is 2.03. The largest absolute Gasteiger partial charge is 0.459 e. The van der Waals surface area contributed by atoms with Gasteiger partial charge in [-0.25, -0.2) is 0 Å². The van der Waals surface area contributed by atoms with Gasteiger partial charge in [0.25, 0.3) is 0 Å². The molecule has 3 rings (SSSR count). The molecule has 2 aromatic heterocycles. The number of benzene rings is 1. The maximum Gasteiger partial charge on any atom is 0.169 e. The van der Waals surface area contributed by atoms with E-state index in [1.165, 1.54) is 0 Å². The highest BCUT2D eigenvalue weighted by Gasteiger charge is 2.21. The quantitative estimate of drug-likeness (QED) is 0.690. The summed E-state index contributed by atoms with van der Waals surface area (Å²) in [5, 5.41) is 4.61. The molecule has 2 heterocycles. The van der Waals surface area contributed by atoms with Gasteiger partial charge in [0.1, 0.15) is 23.1 Å². The zero-order valence-electron chi connectivity index (χ0n) is 12.2. The van der Waals surface area contributed by atoms with Crippen molar-refractivity contribution < 1.29 is 8.83 Å². The van der Waals surface area contributed by atoms with Crippen LogP contribution < -0.4 is 5.32 Å². The van der Waals surface area contributed by atoms with Crippen molar-refractivity contribution >= 4 is 26.9 Å². The van der Waals surface area contributed by atoms with E-state index in [1.54, 1.807) is 0 Å². The van der Waals surface area contributed by atoms with Crippen LogP contribution in [0.4, 0.5) is 0 Å². The summed E-state index contributed by atoms with van der Waals surface area (Å²) in [5.74, 6) is 1.74. The van der Waals surface area contributed by atoms with Crippen molar-refractivity contribution in [1.29, 1.82) is 0 Å². The van der Waals surface area contributed by atoms with Gasteiger partial charge in [0, 0.05) is 5.39 Å². The second-order valence-electron chi connectivity index (χ2n) is 5.17. The van der Waals surface area contributed by atoms with Crippen LogP contribution in [-0.2, 0) is 0 Å². The molecule has 21 heavy (non-hydrogen) atoms. The van der Waals surface area contributed by atoms with Crippen LogP contribution in [-0.4, -0.2) is 6.54 Å². The van der Waals surface area contributed by atoms with Gasteiger partial charge in [0.15, 0.2) is 4.67 Å². The zero-order valence-corrected chi connectivity index (χ0v) is 13.7. The summed E-state index contributed by atoms with van der Waals surface area (Å²) in [7, 11) is 0. The first-order valence-electron chi connectivity index (χ1n) is 7.16. The number of aryl methyl sites for hydroxylation is 1. The first-order chi connectivity index (χ1) is 10.2. The lowest BCUT2D eigenvalue weighted by Crippen LogP contribution is -2.22. The number of hydrogen-bond donors (Lipinski definition) is 1. The third-order valence-electron chi connectivity index (χ3n) is 3.52. The molecule has 0 aliphatic carbocycles. The molecule has 0 saturated heterocycles. The molecule has 1 aromatic carbocycles. The minimum absolute atomic E-state index is 0.0666. The predicted octanol–water partition coefficient (Wildman–Crippen LogP) is 5.19. The van der Waals surface area contributed by atoms with Crippen LogP contribution in [0.15, 0.2) is 49.9 Å². The minimum Gasteiger partial charge on any atom is -0.459 e. The van der Waals surface area contributed by atoms with Crippen LogP contribution >= 0.6 is 15.9 Å². The SMILES string of the molecule is CCCNC(c1ccc(Br)o1)c1cc2cccc(C)c2o1. The lowest BCUT2D eigenvalue weighted by atomic mass is 10.1. The summed E-state index contributed by atoms with van der Waals surface area (Å²) < 4.78 is 12.5. The van der Waals surface area contributed by atoms with E-state index < -0.39 is 0 Å². The van der Waals surface area contributed by atoms with Gasteiger partial charge in [-0.15, -0.1) is 0 Å². The lowest BCUT2D eigenvalue weighted by Gasteiger charge is -2.13. The van der Waals surface area contributed by atoms with E-state index in [4.69, 9.17) is 8.83 Å². The van der Waals surface area contributed by atoms with Crippen LogP contribution in [0.25, 0.3) is 11.0 Å². The van der Waals surface area contributed by atoms with Gasteiger partial charge >= 0.3 is 0 Å². The molecule has 0 aliphatic rings. The number of fused-ring (bicyclic) bond motifs is 1. The van der Waals surface area contributed by atoms with E-state index in [-0.39, 0.29) is 6.04 Å². The van der Waals surface area contributed by atoms with Crippen LogP contribution in [0.3, 0.4) is 0 Å². The third-order valence-corrected chi connectivity index (χ3v) is 3.95. The van der Waals surface area contributed by atoms with Crippen molar-refractivity contribution in [3.8, 4) is 0 Å². The summed E-state index contributed by atoms with van der Waals surface area (Å²) in [6, 6.07) is 12.1. The second kappa shape index (κ2) is 6.08. The molecule has 3 aromatic rings. The summed E-state index contributed by atoms with van der Waals surface area (Å²) in [6.45, 7) is 5.11. The highest BCUT2D eigenvalue weighted by Crippen LogP contribution is 2.31. The fourth-order valence-corrected chi connectivity index (χ4v) is 2.80. The maximum atomic E-state index is 6.08. The van der Waals surface area contributed by atoms with E-state index in [0.29, 0.717) is 0 Å². The fraction of sp³-hybridized carbons (Fsp3) is 0.294. The zero-order chi connectivity index (χ0) is 14.8. The van der Waals surface area contributed by atoms with E-state index in [0.717, 1.165) is 45.7 Å². The molecule has 3 nitrogen and oxygen atoms in total. The Morgan fingerprint density at radius 3 is 2.67 bits per heavy atom. The minimum atomic E-state index is -0.0666. The maximum absolute atomic E-state index is 6.08. The van der Waals surface area contributed by atoms with E-state index >= 15 is 0 Å². The van der Waals surface area contributed by atoms with Gasteiger partial charge in [0.05, 0.1) is 0 Å². The molecule has 0 spiro atoms. The molecule has 0 aliphatic heterocycles. The van der Waals surface area contributed by atoms with Gasteiger partial charge in [-0.3, -0.25) is 0 Å². The fourth-order valence-electron chi connectivity index (χ4n) is 2.48. The molecule has 0 fully saturated rings. The van der Waals surface area contributed by atoms with Crippen molar-refractivity contribution in [2.24, 2.45) is 0 Å². The first kappa shape index (κ1) is 14.4. The Labute approximate surface area is 132 Å². The summed E-state index contributed by atoms with van der Waals surface area (Å²) in [6.07, 6.45) is 1.05. The third kappa shape index (κ3) is 2.92. The highest BCUT2D eigenvalue weighted by molar-refractivity contribution is 9.10. The average Bonchev–Trinajstić information content (AvgIpc) is 3.07. The van der Waals surface area contributed by atoms with Crippen LogP contribution in [0.2, 0.25) is 0 Å². The Morgan fingerprint density at radius 1 is 1.14 bits per heavy atom. The number of halogens is 1. The van der Waals surface area contributed by atoms with Crippen molar-refractivity contribution in [3.63, 3.8) is 0 Å². The van der Waals surface area contributed by atoms with Gasteiger partial charge < -0.3 is 14.2 Å². The van der Waals surface area contributed by atoms with Gasteiger partial charge in [-0.1, -0.05) is 25.1 Å². The van der Waals surface area contributed by atoms with E-state index in [2.05, 4.69) is 59.4 Å². The van der Waals surface area contributed by atoms with Crippen LogP contribution in [0, 0.1) is 6.92 Å². The second-order valence-corrected chi connectivity index (χ2v) is 5.95. The molecular formula is C17H18BrNO2. The van der Waals surface area contributed by atoms with Crippen molar-refractivity contribution in [2.45, 2.75) is 26.3 Å². The number of furan rings is 2. The standard InChI is InChI=1S/C17H18BrNO2/c1-3-9-19-16(13-7-8-15(18)20-13)14-10-12-6-4-5-11(2)17(12)21-14/h4-8,10,16,19H,3,9H2,1-2H3. The Morgan fingerprint density at radius 2 is 2.00 bits per heavy atom. The first-order valence-corrected chi connectivity index (χ1v) is 7.96. The van der Waals surface area contributed by atoms with Crippen molar-refractivity contribution in [2.75, 3.05) is 6.54 Å². The van der Waals surface area contributed by atoms with Gasteiger partial charge in [-0.05, 0) is 59.6 Å². The normalized spacial score (nSPS) is 12.9. The topological polar surface area (TPSA) is 38.3 Å². The predicted molar refractivity (Wildman–Crippen MR) is 87.5 cm³/mol. The van der Waals surface area contributed by atoms with Crippen molar-refractivity contribution in [1.82, 2.24) is 5.32 Å². The molecule has 4 heteroatoms. The summed E-state index contributed by atoms with van der Waals surface area (Å²) >= 11 is 3.36. The lowest BCUT2D eigenvalue weighted by molar-refractivity contribution is 0.391. The molecule has 1 N–H and O–H groups in total. The number of para-hydroxylation sites is 1. The molecule has 110 valence electrons. The number of hydrogen-bond acceptors (Lipinski definition) is 3. The number of rotatable bonds is 5. The van der Waals surface area contributed by atoms with Crippen LogP contribution in [0.5, 0.6) is 0 Å². The molecule has 1 unspecified atom stereocenters. The Bertz CT molecular complexity index is 744. The molecular weight excluding hydrogens is 330 g/mol. The van der Waals surface area contributed by atoms with Crippen LogP contribution in [0.1, 0.15) is 36.5 Å². The smallest absolute Gasteiger partial charge is 0.169 e. The van der Waals surface area contributed by atoms with Crippen molar-refractivity contribution in [3.05, 3.63) is 58.2 Å². The molecule has 0 amide bonds. The highest BCUT2D eigenvalue weighted by atomic mass is 79.9. The van der Waals surface area contributed by atoms with Gasteiger partial charge in [0.2, 0.25) is 0 Å². The van der Waals surface area contributed by atoms with E-state index in [9.17, 15) is 0 Å². The Hall–Kier alpha value is -1.52. The summed E-state index contributed by atoms with van der Waals surface area (Å²) in [4.78, 5) is 0. The van der Waals surface area contributed by atoms with E-state index in [1.807, 2.05) is 12.1 Å². The average molecular weight is 348 g/mol. The molecule has 0 bridgehead atoms. The monoisotopic (exact) mass is 347 g/mol. The summed E-state index contributed by atoms with van der Waals surface area (Å²) in [5.41, 5.74) is 2.09.